The van der Waals surface area contributed by atoms with Crippen molar-refractivity contribution in [3.05, 3.63) is 62.9 Å². The molecule has 0 bridgehead atoms. The molecule has 0 saturated heterocycles. The Morgan fingerprint density at radius 3 is 2.39 bits per heavy atom. The first-order valence-electron chi connectivity index (χ1n) is 8.71. The van der Waals surface area contributed by atoms with Crippen molar-refractivity contribution in [2.45, 2.75) is 39.0 Å². The third-order valence-electron chi connectivity index (χ3n) is 3.80. The molecule has 0 aliphatic heterocycles. The van der Waals surface area contributed by atoms with Crippen molar-refractivity contribution in [2.75, 3.05) is 7.11 Å². The van der Waals surface area contributed by atoms with Crippen molar-refractivity contribution < 1.29 is 19.1 Å². The van der Waals surface area contributed by atoms with Crippen LogP contribution in [0.2, 0.25) is 0 Å². The molecule has 9 heteroatoms. The maximum absolute atomic E-state index is 12.4. The van der Waals surface area contributed by atoms with Gasteiger partial charge in [-0.25, -0.2) is 4.79 Å². The van der Waals surface area contributed by atoms with E-state index >= 15 is 0 Å². The molecule has 1 aromatic heterocycles. The standard InChI is InChI=1S/C19H23N3O6/c1-12(2)28-18(25)10-15(13-4-6-14(27-3)7-5-13)20-17(24)11-22-9-8-16(23)21-19(22)26/h4-9,12,15H,10-11H2,1-3H3,(H,20,24)(H,21,23,26). The van der Waals surface area contributed by atoms with Crippen molar-refractivity contribution in [1.82, 2.24) is 14.9 Å². The van der Waals surface area contributed by atoms with Gasteiger partial charge in [-0.2, -0.15) is 0 Å². The van der Waals surface area contributed by atoms with Gasteiger partial charge >= 0.3 is 11.7 Å². The Labute approximate surface area is 161 Å². The average molecular weight is 389 g/mol. The summed E-state index contributed by atoms with van der Waals surface area (Å²) < 4.78 is 11.4. The van der Waals surface area contributed by atoms with E-state index in [1.807, 2.05) is 0 Å². The van der Waals surface area contributed by atoms with Crippen LogP contribution < -0.4 is 21.3 Å². The third-order valence-corrected chi connectivity index (χ3v) is 3.80. The highest BCUT2D eigenvalue weighted by atomic mass is 16.5. The van der Waals surface area contributed by atoms with Gasteiger partial charge in [0.1, 0.15) is 12.3 Å². The minimum Gasteiger partial charge on any atom is -0.497 e. The van der Waals surface area contributed by atoms with Gasteiger partial charge in [-0.3, -0.25) is 23.9 Å². The van der Waals surface area contributed by atoms with E-state index in [9.17, 15) is 19.2 Å². The maximum Gasteiger partial charge on any atom is 0.328 e. The zero-order valence-electron chi connectivity index (χ0n) is 15.9. The number of benzene rings is 1. The minimum absolute atomic E-state index is 0.0726. The monoisotopic (exact) mass is 389 g/mol. The average Bonchev–Trinajstić information content (AvgIpc) is 2.63. The van der Waals surface area contributed by atoms with Gasteiger partial charge in [0.2, 0.25) is 5.91 Å². The molecule has 0 fully saturated rings. The number of carbonyl (C=O) groups is 2. The minimum atomic E-state index is -0.692. The number of methoxy groups -OCH3 is 1. The molecular weight excluding hydrogens is 366 g/mol. The summed E-state index contributed by atoms with van der Waals surface area (Å²) in [6, 6.07) is 7.40. The molecule has 0 aliphatic carbocycles. The van der Waals surface area contributed by atoms with E-state index in [1.54, 1.807) is 38.1 Å². The number of amides is 1. The fourth-order valence-electron chi connectivity index (χ4n) is 2.53. The summed E-state index contributed by atoms with van der Waals surface area (Å²) in [5.74, 6) is -0.317. The van der Waals surface area contributed by atoms with Crippen molar-refractivity contribution in [1.29, 1.82) is 0 Å². The van der Waals surface area contributed by atoms with Gasteiger partial charge in [-0.1, -0.05) is 12.1 Å². The molecule has 1 aromatic carbocycles. The number of hydrogen-bond acceptors (Lipinski definition) is 6. The first-order chi connectivity index (χ1) is 13.3. The Bertz CT molecular complexity index is 930. The number of esters is 1. The van der Waals surface area contributed by atoms with Crippen LogP contribution in [0.25, 0.3) is 0 Å². The molecule has 0 aliphatic rings. The highest BCUT2D eigenvalue weighted by molar-refractivity contribution is 5.78. The molecule has 2 rings (SSSR count). The van der Waals surface area contributed by atoms with E-state index in [4.69, 9.17) is 9.47 Å². The smallest absolute Gasteiger partial charge is 0.328 e. The Kier molecular flexibility index (Phi) is 7.14. The first kappa shape index (κ1) is 20.9. The van der Waals surface area contributed by atoms with Crippen molar-refractivity contribution in [2.24, 2.45) is 0 Å². The zero-order valence-corrected chi connectivity index (χ0v) is 15.9. The highest BCUT2D eigenvalue weighted by Crippen LogP contribution is 2.21. The van der Waals surface area contributed by atoms with Gasteiger partial charge in [0, 0.05) is 12.3 Å². The van der Waals surface area contributed by atoms with Gasteiger partial charge < -0.3 is 14.8 Å². The molecule has 2 aromatic rings. The zero-order chi connectivity index (χ0) is 20.7. The molecule has 0 spiro atoms. The fourth-order valence-corrected chi connectivity index (χ4v) is 2.53. The van der Waals surface area contributed by atoms with E-state index in [-0.39, 0.29) is 19.1 Å². The molecule has 9 nitrogen and oxygen atoms in total. The maximum atomic E-state index is 12.4. The number of hydrogen-bond donors (Lipinski definition) is 2. The summed E-state index contributed by atoms with van der Waals surface area (Å²) in [5.41, 5.74) is -0.555. The van der Waals surface area contributed by atoms with Crippen LogP contribution in [0.15, 0.2) is 46.1 Å². The van der Waals surface area contributed by atoms with Crippen LogP contribution in [-0.2, 0) is 20.9 Å². The van der Waals surface area contributed by atoms with Gasteiger partial charge in [0.25, 0.3) is 5.56 Å². The quantitative estimate of drug-likeness (QED) is 0.643. The van der Waals surface area contributed by atoms with Crippen LogP contribution in [0.1, 0.15) is 31.9 Å². The Hall–Kier alpha value is -3.36. The van der Waals surface area contributed by atoms with Crippen LogP contribution >= 0.6 is 0 Å². The van der Waals surface area contributed by atoms with Gasteiger partial charge in [0.15, 0.2) is 0 Å². The van der Waals surface area contributed by atoms with Crippen molar-refractivity contribution >= 4 is 11.9 Å². The van der Waals surface area contributed by atoms with Crippen LogP contribution in [0.4, 0.5) is 0 Å². The molecule has 0 saturated carbocycles. The van der Waals surface area contributed by atoms with Gasteiger partial charge in [0.05, 0.1) is 25.7 Å². The number of nitrogens with zero attached hydrogens (tertiary/aromatic N) is 1. The molecule has 1 atom stereocenters. The number of ether oxygens (including phenoxy) is 2. The predicted octanol–water partition coefficient (Wildman–Crippen LogP) is 0.744. The van der Waals surface area contributed by atoms with Gasteiger partial charge in [-0.15, -0.1) is 0 Å². The van der Waals surface area contributed by atoms with E-state index in [2.05, 4.69) is 10.3 Å². The molecule has 150 valence electrons. The molecule has 1 heterocycles. The predicted molar refractivity (Wildman–Crippen MR) is 101 cm³/mol. The number of aromatic amines is 1. The lowest BCUT2D eigenvalue weighted by Crippen LogP contribution is -2.37. The van der Waals surface area contributed by atoms with Crippen LogP contribution in [0, 0.1) is 0 Å². The molecule has 1 unspecified atom stereocenters. The second kappa shape index (κ2) is 9.54. The summed E-state index contributed by atoms with van der Waals surface area (Å²) in [7, 11) is 1.54. The largest absolute Gasteiger partial charge is 0.497 e. The van der Waals surface area contributed by atoms with Gasteiger partial charge in [-0.05, 0) is 31.5 Å². The van der Waals surface area contributed by atoms with Crippen LogP contribution in [-0.4, -0.2) is 34.6 Å². The number of rotatable bonds is 8. The third kappa shape index (κ3) is 6.11. The van der Waals surface area contributed by atoms with E-state index in [0.29, 0.717) is 11.3 Å². The van der Waals surface area contributed by atoms with Crippen molar-refractivity contribution in [3.8, 4) is 5.75 Å². The normalized spacial score (nSPS) is 11.7. The second-order valence-electron chi connectivity index (χ2n) is 6.37. The Morgan fingerprint density at radius 1 is 1.14 bits per heavy atom. The number of carbonyl (C=O) groups excluding carboxylic acids is 2. The number of aromatic nitrogens is 2. The summed E-state index contributed by atoms with van der Waals surface area (Å²) in [6.07, 6.45) is 0.881. The van der Waals surface area contributed by atoms with E-state index in [0.717, 1.165) is 10.6 Å². The molecule has 1 amide bonds. The van der Waals surface area contributed by atoms with Crippen LogP contribution in [0.5, 0.6) is 5.75 Å². The van der Waals surface area contributed by atoms with Crippen molar-refractivity contribution in [3.63, 3.8) is 0 Å². The molecule has 2 N–H and O–H groups in total. The summed E-state index contributed by atoms with van der Waals surface area (Å²) >= 11 is 0. The highest BCUT2D eigenvalue weighted by Gasteiger charge is 2.20. The Balaban J connectivity index is 2.17. The SMILES string of the molecule is COc1ccc(C(CC(=O)OC(C)C)NC(=O)Cn2ccc(=O)[nH]c2=O)cc1. The van der Waals surface area contributed by atoms with E-state index in [1.165, 1.54) is 13.3 Å². The first-order valence-corrected chi connectivity index (χ1v) is 8.71. The van der Waals surface area contributed by atoms with E-state index < -0.39 is 29.2 Å². The molecule has 0 radical (unpaired) electrons. The summed E-state index contributed by atoms with van der Waals surface area (Å²) in [4.78, 5) is 49.5. The van der Waals surface area contributed by atoms with Crippen LogP contribution in [0.3, 0.4) is 0 Å². The molecule has 28 heavy (non-hydrogen) atoms. The summed E-state index contributed by atoms with van der Waals surface area (Å²) in [6.45, 7) is 3.17. The lowest BCUT2D eigenvalue weighted by molar-refractivity contribution is -0.148. The fraction of sp³-hybridized carbons (Fsp3) is 0.368. The topological polar surface area (TPSA) is 119 Å². The summed E-state index contributed by atoms with van der Waals surface area (Å²) in [5, 5.41) is 2.73. The lowest BCUT2D eigenvalue weighted by Gasteiger charge is -2.20. The number of H-pyrrole nitrogens is 1. The number of nitrogens with one attached hydrogen (secondary N) is 2. The second-order valence-corrected chi connectivity index (χ2v) is 6.37. The molecular formula is C19H23N3O6. The Morgan fingerprint density at radius 2 is 1.82 bits per heavy atom. The lowest BCUT2D eigenvalue weighted by atomic mass is 10.0.